The summed E-state index contributed by atoms with van der Waals surface area (Å²) in [5, 5.41) is 20.0. The van der Waals surface area contributed by atoms with E-state index >= 15 is 0 Å². The molecule has 0 spiro atoms. The van der Waals surface area contributed by atoms with E-state index in [0.29, 0.717) is 20.1 Å². The molecule has 0 aliphatic carbocycles. The standard InChI is InChI=1S/C20H20Br4N2O2/c21-15-7-13(19(27)17(23)9-15)11-25-5-3-1-2-4-6-26-12-14-8-16(22)10-18(24)20(14)28/h7-12,27-28H,1-6H2. The van der Waals surface area contributed by atoms with Gasteiger partial charge in [0.2, 0.25) is 0 Å². The Kier molecular flexibility index (Phi) is 10.2. The largest absolute Gasteiger partial charge is 0.506 e. The van der Waals surface area contributed by atoms with Crippen molar-refractivity contribution in [2.75, 3.05) is 13.1 Å². The maximum Gasteiger partial charge on any atom is 0.138 e. The summed E-state index contributed by atoms with van der Waals surface area (Å²) in [5.41, 5.74) is 1.39. The van der Waals surface area contributed by atoms with Gasteiger partial charge in [-0.05, 0) is 69.0 Å². The third kappa shape index (κ3) is 7.61. The predicted octanol–water partition coefficient (Wildman–Crippen LogP) is 7.25. The molecule has 0 amide bonds. The van der Waals surface area contributed by atoms with Gasteiger partial charge in [0.15, 0.2) is 0 Å². The number of nitrogens with zero attached hydrogens (tertiary/aromatic N) is 2. The predicted molar refractivity (Wildman–Crippen MR) is 130 cm³/mol. The molecule has 0 heterocycles. The molecule has 2 aromatic carbocycles. The minimum Gasteiger partial charge on any atom is -0.506 e. The molecule has 0 atom stereocenters. The number of aromatic hydroxyl groups is 2. The van der Waals surface area contributed by atoms with Crippen LogP contribution < -0.4 is 0 Å². The Hall–Kier alpha value is -0.700. The van der Waals surface area contributed by atoms with E-state index in [1.54, 1.807) is 24.6 Å². The highest BCUT2D eigenvalue weighted by atomic mass is 79.9. The Morgan fingerprint density at radius 2 is 1.04 bits per heavy atom. The van der Waals surface area contributed by atoms with Crippen molar-refractivity contribution in [3.05, 3.63) is 53.3 Å². The van der Waals surface area contributed by atoms with E-state index < -0.39 is 0 Å². The highest BCUT2D eigenvalue weighted by Crippen LogP contribution is 2.31. The van der Waals surface area contributed by atoms with Gasteiger partial charge in [-0.3, -0.25) is 9.98 Å². The van der Waals surface area contributed by atoms with Gasteiger partial charge in [-0.1, -0.05) is 44.7 Å². The summed E-state index contributed by atoms with van der Waals surface area (Å²) in [6.07, 6.45) is 7.56. The number of phenols is 2. The molecule has 4 nitrogen and oxygen atoms in total. The second-order valence-electron chi connectivity index (χ2n) is 6.14. The first-order valence-electron chi connectivity index (χ1n) is 8.74. The number of phenolic OH excluding ortho intramolecular Hbond substituents is 2. The van der Waals surface area contributed by atoms with Crippen LogP contribution in [0, 0.1) is 0 Å². The molecule has 28 heavy (non-hydrogen) atoms. The minimum absolute atomic E-state index is 0.202. The first-order valence-corrected chi connectivity index (χ1v) is 11.9. The lowest BCUT2D eigenvalue weighted by Crippen LogP contribution is -1.90. The smallest absolute Gasteiger partial charge is 0.138 e. The van der Waals surface area contributed by atoms with E-state index in [-0.39, 0.29) is 11.5 Å². The zero-order valence-corrected chi connectivity index (χ0v) is 21.4. The summed E-state index contributed by atoms with van der Waals surface area (Å²) in [6, 6.07) is 7.27. The molecule has 0 fully saturated rings. The zero-order chi connectivity index (χ0) is 20.5. The second kappa shape index (κ2) is 12.1. The van der Waals surface area contributed by atoms with Gasteiger partial charge in [0.1, 0.15) is 11.5 Å². The van der Waals surface area contributed by atoms with Gasteiger partial charge in [-0.2, -0.15) is 0 Å². The number of unbranched alkanes of at least 4 members (excludes halogenated alkanes) is 3. The van der Waals surface area contributed by atoms with E-state index in [4.69, 9.17) is 0 Å². The average molecular weight is 640 g/mol. The molecular formula is C20H20Br4N2O2. The summed E-state index contributed by atoms with van der Waals surface area (Å²) in [7, 11) is 0. The maximum atomic E-state index is 9.98. The maximum absolute atomic E-state index is 9.98. The fourth-order valence-electron chi connectivity index (χ4n) is 2.45. The first kappa shape index (κ1) is 23.6. The number of aliphatic imine (C=N–C) groups is 2. The van der Waals surface area contributed by atoms with E-state index in [0.717, 1.165) is 47.7 Å². The van der Waals surface area contributed by atoms with Crippen LogP contribution in [0.2, 0.25) is 0 Å². The van der Waals surface area contributed by atoms with E-state index in [2.05, 4.69) is 73.7 Å². The molecule has 0 aliphatic rings. The van der Waals surface area contributed by atoms with Crippen LogP contribution in [0.25, 0.3) is 0 Å². The van der Waals surface area contributed by atoms with Gasteiger partial charge in [-0.25, -0.2) is 0 Å². The number of hydrogen-bond donors (Lipinski definition) is 2. The SMILES string of the molecule is Oc1c(Br)cc(Br)cc1C=NCCCCCCN=Cc1cc(Br)cc(Br)c1O. The summed E-state index contributed by atoms with van der Waals surface area (Å²) in [4.78, 5) is 8.78. The summed E-state index contributed by atoms with van der Waals surface area (Å²) < 4.78 is 3.07. The van der Waals surface area contributed by atoms with Crippen molar-refractivity contribution in [3.63, 3.8) is 0 Å². The Morgan fingerprint density at radius 1 is 0.643 bits per heavy atom. The van der Waals surface area contributed by atoms with Crippen LogP contribution >= 0.6 is 63.7 Å². The molecular weight excluding hydrogens is 620 g/mol. The van der Waals surface area contributed by atoms with Gasteiger partial charge in [0.05, 0.1) is 8.95 Å². The van der Waals surface area contributed by atoms with Crippen LogP contribution in [-0.2, 0) is 0 Å². The highest BCUT2D eigenvalue weighted by Gasteiger charge is 2.05. The number of hydrogen-bond acceptors (Lipinski definition) is 4. The monoisotopic (exact) mass is 636 g/mol. The van der Waals surface area contributed by atoms with Crippen LogP contribution in [0.3, 0.4) is 0 Å². The highest BCUT2D eigenvalue weighted by molar-refractivity contribution is 9.11. The Bertz CT molecular complexity index is 798. The van der Waals surface area contributed by atoms with Gasteiger partial charge in [-0.15, -0.1) is 0 Å². The molecule has 2 rings (SSSR count). The molecule has 8 heteroatoms. The minimum atomic E-state index is 0.202. The lowest BCUT2D eigenvalue weighted by molar-refractivity contribution is 0.470. The van der Waals surface area contributed by atoms with E-state index in [1.807, 2.05) is 12.1 Å². The summed E-state index contributed by atoms with van der Waals surface area (Å²) >= 11 is 13.4. The van der Waals surface area contributed by atoms with E-state index in [1.165, 1.54) is 0 Å². The molecule has 0 bridgehead atoms. The lowest BCUT2D eigenvalue weighted by atomic mass is 10.2. The zero-order valence-electron chi connectivity index (χ0n) is 15.0. The van der Waals surface area contributed by atoms with Crippen LogP contribution in [0.1, 0.15) is 36.8 Å². The molecule has 2 aromatic rings. The number of halogens is 4. The van der Waals surface area contributed by atoms with Gasteiger partial charge in [0, 0.05) is 45.6 Å². The van der Waals surface area contributed by atoms with Crippen molar-refractivity contribution in [2.45, 2.75) is 25.7 Å². The number of benzene rings is 2. The third-order valence-electron chi connectivity index (χ3n) is 3.90. The van der Waals surface area contributed by atoms with Crippen molar-refractivity contribution < 1.29 is 10.2 Å². The molecule has 0 saturated carbocycles. The van der Waals surface area contributed by atoms with Crippen LogP contribution in [0.5, 0.6) is 11.5 Å². The number of rotatable bonds is 9. The lowest BCUT2D eigenvalue weighted by Gasteiger charge is -2.03. The van der Waals surface area contributed by atoms with Crippen molar-refractivity contribution >= 4 is 76.1 Å². The Balaban J connectivity index is 1.65. The fraction of sp³-hybridized carbons (Fsp3) is 0.300. The molecule has 150 valence electrons. The van der Waals surface area contributed by atoms with Crippen molar-refractivity contribution in [3.8, 4) is 11.5 Å². The average Bonchev–Trinajstić information content (AvgIpc) is 2.64. The summed E-state index contributed by atoms with van der Waals surface area (Å²) in [6.45, 7) is 1.46. The fourth-order valence-corrected chi connectivity index (χ4v) is 4.97. The van der Waals surface area contributed by atoms with Gasteiger partial charge >= 0.3 is 0 Å². The molecule has 0 radical (unpaired) electrons. The topological polar surface area (TPSA) is 65.2 Å². The van der Waals surface area contributed by atoms with Crippen molar-refractivity contribution in [1.82, 2.24) is 0 Å². The Morgan fingerprint density at radius 3 is 1.43 bits per heavy atom. The van der Waals surface area contributed by atoms with E-state index in [9.17, 15) is 10.2 Å². The van der Waals surface area contributed by atoms with Crippen molar-refractivity contribution in [1.29, 1.82) is 0 Å². The van der Waals surface area contributed by atoms with Crippen LogP contribution in [0.4, 0.5) is 0 Å². The second-order valence-corrected chi connectivity index (χ2v) is 9.68. The summed E-state index contributed by atoms with van der Waals surface area (Å²) in [5.74, 6) is 0.404. The normalized spacial score (nSPS) is 11.7. The van der Waals surface area contributed by atoms with Gasteiger partial charge in [0.25, 0.3) is 0 Å². The first-order chi connectivity index (χ1) is 13.4. The molecule has 2 N–H and O–H groups in total. The van der Waals surface area contributed by atoms with Crippen molar-refractivity contribution in [2.24, 2.45) is 9.98 Å². The van der Waals surface area contributed by atoms with Crippen LogP contribution in [0.15, 0.2) is 52.1 Å². The molecule has 0 unspecified atom stereocenters. The Labute approximate surface area is 198 Å². The van der Waals surface area contributed by atoms with Gasteiger partial charge < -0.3 is 10.2 Å². The van der Waals surface area contributed by atoms with Crippen LogP contribution in [-0.4, -0.2) is 35.7 Å². The third-order valence-corrected chi connectivity index (χ3v) is 6.03. The quantitative estimate of drug-likeness (QED) is 0.224. The molecule has 0 saturated heterocycles. The molecule has 0 aliphatic heterocycles. The molecule has 0 aromatic heterocycles.